The molecule has 128 valence electrons. The molecule has 1 aromatic rings. The highest BCUT2D eigenvalue weighted by Crippen LogP contribution is 2.23. The minimum atomic E-state index is -0.230. The summed E-state index contributed by atoms with van der Waals surface area (Å²) in [7, 11) is 1.86. The first-order valence-electron chi connectivity index (χ1n) is 8.26. The van der Waals surface area contributed by atoms with E-state index >= 15 is 0 Å². The van der Waals surface area contributed by atoms with Crippen molar-refractivity contribution in [3.8, 4) is 0 Å². The Hall–Kier alpha value is -1.46. The van der Waals surface area contributed by atoms with Crippen LogP contribution in [0.3, 0.4) is 0 Å². The van der Waals surface area contributed by atoms with Crippen LogP contribution in [0.15, 0.2) is 24.3 Å². The lowest BCUT2D eigenvalue weighted by atomic mass is 9.93. The molecule has 0 radical (unpaired) electrons. The van der Waals surface area contributed by atoms with E-state index in [-0.39, 0.29) is 23.2 Å². The van der Waals surface area contributed by atoms with Crippen LogP contribution in [-0.2, 0) is 11.3 Å². The van der Waals surface area contributed by atoms with Crippen molar-refractivity contribution in [2.45, 2.75) is 39.3 Å². The molecular weight excluding hydrogens is 293 g/mol. The average Bonchev–Trinajstić information content (AvgIpc) is 2.96. The van der Waals surface area contributed by atoms with Gasteiger partial charge in [-0.15, -0.1) is 0 Å². The molecule has 2 N–H and O–H groups in total. The fraction of sp³-hybridized carbons (Fsp3) is 0.611. The van der Waals surface area contributed by atoms with Crippen LogP contribution in [0.25, 0.3) is 0 Å². The number of hydrogen-bond acceptors (Lipinski definition) is 3. The van der Waals surface area contributed by atoms with Crippen LogP contribution in [0, 0.1) is 11.2 Å². The van der Waals surface area contributed by atoms with Gasteiger partial charge in [0.2, 0.25) is 5.91 Å². The van der Waals surface area contributed by atoms with Gasteiger partial charge in [-0.25, -0.2) is 4.39 Å². The zero-order chi connectivity index (χ0) is 17.0. The number of likely N-dealkylation sites (tertiary alicyclic amines) is 1. The van der Waals surface area contributed by atoms with Crippen molar-refractivity contribution in [3.05, 3.63) is 35.6 Å². The number of carbonyl (C=O) groups is 1. The molecule has 1 aliphatic heterocycles. The van der Waals surface area contributed by atoms with Crippen LogP contribution < -0.4 is 5.73 Å². The van der Waals surface area contributed by atoms with Gasteiger partial charge in [0.15, 0.2) is 0 Å². The van der Waals surface area contributed by atoms with Gasteiger partial charge in [0.05, 0.1) is 6.04 Å². The third-order valence-electron chi connectivity index (χ3n) is 4.54. The van der Waals surface area contributed by atoms with Crippen molar-refractivity contribution in [3.63, 3.8) is 0 Å². The van der Waals surface area contributed by atoms with Gasteiger partial charge in [-0.1, -0.05) is 26.0 Å². The van der Waals surface area contributed by atoms with Crippen molar-refractivity contribution in [1.29, 1.82) is 0 Å². The maximum absolute atomic E-state index is 13.0. The fourth-order valence-electron chi connectivity index (χ4n) is 3.16. The number of benzene rings is 1. The van der Waals surface area contributed by atoms with Crippen LogP contribution in [0.4, 0.5) is 4.39 Å². The Bertz CT molecular complexity index is 530. The van der Waals surface area contributed by atoms with Gasteiger partial charge < -0.3 is 10.6 Å². The Morgan fingerprint density at radius 2 is 2.04 bits per heavy atom. The summed E-state index contributed by atoms with van der Waals surface area (Å²) in [5.74, 6) is -0.0716. The Morgan fingerprint density at radius 1 is 1.39 bits per heavy atom. The molecule has 1 aliphatic rings. The number of rotatable bonds is 6. The van der Waals surface area contributed by atoms with E-state index in [1.165, 1.54) is 12.1 Å². The van der Waals surface area contributed by atoms with Gasteiger partial charge in [0, 0.05) is 20.1 Å². The summed E-state index contributed by atoms with van der Waals surface area (Å²) in [6.07, 6.45) is 1.90. The zero-order valence-corrected chi connectivity index (χ0v) is 14.4. The fourth-order valence-corrected chi connectivity index (χ4v) is 3.16. The van der Waals surface area contributed by atoms with Crippen molar-refractivity contribution in [1.82, 2.24) is 9.80 Å². The molecule has 0 aromatic heterocycles. The molecule has 23 heavy (non-hydrogen) atoms. The summed E-state index contributed by atoms with van der Waals surface area (Å²) in [6.45, 7) is 6.94. The average molecular weight is 321 g/mol. The summed E-state index contributed by atoms with van der Waals surface area (Å²) in [6, 6.07) is 6.43. The Labute approximate surface area is 138 Å². The zero-order valence-electron chi connectivity index (χ0n) is 14.4. The first kappa shape index (κ1) is 17.9. The van der Waals surface area contributed by atoms with Crippen molar-refractivity contribution in [2.75, 3.05) is 26.7 Å². The van der Waals surface area contributed by atoms with E-state index in [4.69, 9.17) is 5.73 Å². The Morgan fingerprint density at radius 3 is 2.65 bits per heavy atom. The molecule has 0 aliphatic carbocycles. The van der Waals surface area contributed by atoms with Crippen molar-refractivity contribution >= 4 is 5.91 Å². The monoisotopic (exact) mass is 321 g/mol. The molecule has 0 saturated carbocycles. The highest BCUT2D eigenvalue weighted by Gasteiger charge is 2.33. The second-order valence-corrected chi connectivity index (χ2v) is 7.32. The summed E-state index contributed by atoms with van der Waals surface area (Å²) in [5.41, 5.74) is 6.73. The number of nitrogens with two attached hydrogens (primary N) is 1. The van der Waals surface area contributed by atoms with E-state index < -0.39 is 0 Å². The lowest BCUT2D eigenvalue weighted by Gasteiger charge is -2.33. The Kier molecular flexibility index (Phi) is 5.76. The minimum Gasteiger partial charge on any atom is -0.344 e. The third-order valence-corrected chi connectivity index (χ3v) is 4.54. The highest BCUT2D eigenvalue weighted by molar-refractivity contribution is 5.82. The molecule has 1 unspecified atom stereocenters. The molecule has 0 spiro atoms. The molecule has 1 aromatic carbocycles. The van der Waals surface area contributed by atoms with Crippen LogP contribution in [-0.4, -0.2) is 48.4 Å². The number of likely N-dealkylation sites (N-methyl/N-ethyl adjacent to an activating group) is 1. The summed E-state index contributed by atoms with van der Waals surface area (Å²) >= 11 is 0. The summed E-state index contributed by atoms with van der Waals surface area (Å²) < 4.78 is 13.0. The second-order valence-electron chi connectivity index (χ2n) is 7.32. The maximum Gasteiger partial charge on any atom is 0.239 e. The van der Waals surface area contributed by atoms with Crippen molar-refractivity contribution < 1.29 is 9.18 Å². The minimum absolute atomic E-state index is 0.0786. The van der Waals surface area contributed by atoms with Gasteiger partial charge in [0.1, 0.15) is 5.82 Å². The molecular formula is C18H28FN3O. The Balaban J connectivity index is 2.00. The number of hydrogen-bond donors (Lipinski definition) is 1. The van der Waals surface area contributed by atoms with E-state index in [0.29, 0.717) is 19.6 Å². The molecule has 1 amide bonds. The molecule has 1 atom stereocenters. The number of halogens is 1. The predicted octanol–water partition coefficient (Wildman–Crippen LogP) is 2.23. The summed E-state index contributed by atoms with van der Waals surface area (Å²) in [5, 5.41) is 0. The lowest BCUT2D eigenvalue weighted by molar-refractivity contribution is -0.136. The van der Waals surface area contributed by atoms with Crippen molar-refractivity contribution in [2.24, 2.45) is 11.1 Å². The van der Waals surface area contributed by atoms with E-state index in [1.54, 1.807) is 17.0 Å². The molecule has 4 nitrogen and oxygen atoms in total. The highest BCUT2D eigenvalue weighted by atomic mass is 19.1. The first-order chi connectivity index (χ1) is 10.8. The van der Waals surface area contributed by atoms with Crippen LogP contribution in [0.1, 0.15) is 32.3 Å². The number of carbonyl (C=O) groups excluding carboxylic acids is 1. The molecule has 1 saturated heterocycles. The number of amides is 1. The molecule has 1 fully saturated rings. The third kappa shape index (κ3) is 4.75. The smallest absolute Gasteiger partial charge is 0.239 e. The van der Waals surface area contributed by atoms with Crippen LogP contribution in [0.5, 0.6) is 0 Å². The van der Waals surface area contributed by atoms with E-state index in [2.05, 4.69) is 18.7 Å². The van der Waals surface area contributed by atoms with Crippen LogP contribution >= 0.6 is 0 Å². The summed E-state index contributed by atoms with van der Waals surface area (Å²) in [4.78, 5) is 16.8. The van der Waals surface area contributed by atoms with Crippen LogP contribution in [0.2, 0.25) is 0 Å². The van der Waals surface area contributed by atoms with Gasteiger partial charge in [-0.05, 0) is 49.0 Å². The molecule has 0 bridgehead atoms. The normalized spacial score (nSPS) is 19.1. The SMILES string of the molecule is CN(CC(C)(C)CN)C(=O)C1CCCN1Cc1ccc(F)cc1. The topological polar surface area (TPSA) is 49.6 Å². The number of nitrogens with zero attached hydrogens (tertiary/aromatic N) is 2. The van der Waals surface area contributed by atoms with Gasteiger partial charge in [-0.3, -0.25) is 9.69 Å². The molecule has 2 rings (SSSR count). The van der Waals surface area contributed by atoms with E-state index in [0.717, 1.165) is 24.9 Å². The van der Waals surface area contributed by atoms with E-state index in [9.17, 15) is 9.18 Å². The predicted molar refractivity (Wildman–Crippen MR) is 90.3 cm³/mol. The quantitative estimate of drug-likeness (QED) is 0.874. The maximum atomic E-state index is 13.0. The van der Waals surface area contributed by atoms with Gasteiger partial charge >= 0.3 is 0 Å². The molecule has 5 heteroatoms. The molecule has 1 heterocycles. The van der Waals surface area contributed by atoms with Gasteiger partial charge in [0.25, 0.3) is 0 Å². The first-order valence-corrected chi connectivity index (χ1v) is 8.26. The van der Waals surface area contributed by atoms with Gasteiger partial charge in [-0.2, -0.15) is 0 Å². The van der Waals surface area contributed by atoms with E-state index in [1.807, 2.05) is 7.05 Å². The lowest BCUT2D eigenvalue weighted by Crippen LogP contribution is -2.47. The second kappa shape index (κ2) is 7.41. The standard InChI is InChI=1S/C18H28FN3O/c1-18(2,12-20)13-21(3)17(23)16-5-4-10-22(16)11-14-6-8-15(19)9-7-14/h6-9,16H,4-5,10-13,20H2,1-3H3. The largest absolute Gasteiger partial charge is 0.344 e.